The first-order valence-corrected chi connectivity index (χ1v) is 16.3. The molecule has 0 radical (unpaired) electrons. The van der Waals surface area contributed by atoms with Crippen LogP contribution in [0.3, 0.4) is 0 Å². The molecule has 0 saturated carbocycles. The molecule has 0 spiro atoms. The van der Waals surface area contributed by atoms with Crippen LogP contribution in [0.5, 0.6) is 5.75 Å². The third-order valence-electron chi connectivity index (χ3n) is 7.65. The maximum Gasteiger partial charge on any atom is 0.459 e. The standard InChI is InChI=1S/C30H41N6O9P/c1-17(26(38)42-15-29(2,3)4)35-46(40,45-20-13-9-11-18-10-7-8-12-19(18)20)43-14-21-23(37)30(5,39)27(44-21)36-16-32-22-24(36)33-28(31)34-25(22)41-6/h7-13,16-17,21-24,27,37,39H,14-15H2,1-6H3,(H2,31,33)(H,35,40)/t17-,21+,22?,23+,24?,27?,30+,46?/m0/s1. The fraction of sp³-hybridized carbons (Fsp3) is 0.533. The zero-order chi connectivity index (χ0) is 33.4. The molecule has 5 N–H and O–H groups in total. The average Bonchev–Trinajstić information content (AvgIpc) is 3.51. The van der Waals surface area contributed by atoms with Crippen LogP contribution in [0.25, 0.3) is 10.8 Å². The van der Waals surface area contributed by atoms with Gasteiger partial charge in [0.2, 0.25) is 11.9 Å². The number of nitrogens with zero attached hydrogens (tertiary/aromatic N) is 4. The molecule has 250 valence electrons. The Morgan fingerprint density at radius 2 is 1.96 bits per heavy atom. The maximum absolute atomic E-state index is 14.3. The van der Waals surface area contributed by atoms with Gasteiger partial charge in [-0.05, 0) is 30.7 Å². The second kappa shape index (κ2) is 12.9. The third-order valence-corrected chi connectivity index (χ3v) is 9.28. The Morgan fingerprint density at radius 3 is 2.67 bits per heavy atom. The molecule has 3 aliphatic rings. The number of nitrogens with one attached hydrogen (secondary N) is 1. The van der Waals surface area contributed by atoms with Crippen LogP contribution in [0, 0.1) is 5.41 Å². The van der Waals surface area contributed by atoms with Gasteiger partial charge in [-0.2, -0.15) is 10.1 Å². The summed E-state index contributed by atoms with van der Waals surface area (Å²) in [5.41, 5.74) is 3.73. The summed E-state index contributed by atoms with van der Waals surface area (Å²) in [6.45, 7) is 8.26. The second-order valence-electron chi connectivity index (χ2n) is 12.8. The van der Waals surface area contributed by atoms with Gasteiger partial charge >= 0.3 is 13.7 Å². The topological polar surface area (TPSA) is 199 Å². The van der Waals surface area contributed by atoms with Gasteiger partial charge in [-0.15, -0.1) is 0 Å². The molecule has 15 nitrogen and oxygen atoms in total. The summed E-state index contributed by atoms with van der Waals surface area (Å²) in [6, 6.07) is 10.8. The van der Waals surface area contributed by atoms with Crippen LogP contribution in [0.4, 0.5) is 0 Å². The number of hydrogen-bond donors (Lipinski definition) is 4. The van der Waals surface area contributed by atoms with Crippen molar-refractivity contribution in [2.75, 3.05) is 20.3 Å². The van der Waals surface area contributed by atoms with Crippen molar-refractivity contribution in [2.24, 2.45) is 26.1 Å². The van der Waals surface area contributed by atoms with Crippen LogP contribution in [0.15, 0.2) is 57.4 Å². The van der Waals surface area contributed by atoms with E-state index in [4.69, 9.17) is 29.0 Å². The van der Waals surface area contributed by atoms with E-state index in [1.165, 1.54) is 32.2 Å². The number of aliphatic imine (C=N–C) groups is 3. The fourth-order valence-electron chi connectivity index (χ4n) is 5.27. The number of hydrogen-bond acceptors (Lipinski definition) is 14. The molecule has 8 atom stereocenters. The Balaban J connectivity index is 1.36. The van der Waals surface area contributed by atoms with Crippen molar-refractivity contribution in [3.8, 4) is 5.75 Å². The van der Waals surface area contributed by atoms with Crippen molar-refractivity contribution in [2.45, 2.75) is 76.9 Å². The molecule has 1 saturated heterocycles. The molecule has 5 rings (SSSR count). The van der Waals surface area contributed by atoms with Gasteiger partial charge in [0.1, 0.15) is 29.6 Å². The molecular formula is C30H41N6O9P. The van der Waals surface area contributed by atoms with Crippen molar-refractivity contribution < 1.29 is 42.8 Å². The number of guanidine groups is 1. The van der Waals surface area contributed by atoms with Gasteiger partial charge in [-0.3, -0.25) is 14.3 Å². The summed E-state index contributed by atoms with van der Waals surface area (Å²) in [4.78, 5) is 27.1. The highest BCUT2D eigenvalue weighted by atomic mass is 31.2. The largest absolute Gasteiger partial charge is 0.482 e. The fourth-order valence-corrected chi connectivity index (χ4v) is 6.79. The van der Waals surface area contributed by atoms with Crippen LogP contribution < -0.4 is 15.3 Å². The predicted molar refractivity (Wildman–Crippen MR) is 170 cm³/mol. The molecule has 46 heavy (non-hydrogen) atoms. The minimum Gasteiger partial charge on any atom is -0.482 e. The predicted octanol–water partition coefficient (Wildman–Crippen LogP) is 2.16. The summed E-state index contributed by atoms with van der Waals surface area (Å²) in [5, 5.41) is 26.7. The van der Waals surface area contributed by atoms with Crippen molar-refractivity contribution >= 4 is 42.7 Å². The normalized spacial score (nSPS) is 29.5. The number of ether oxygens (including phenoxy) is 3. The Morgan fingerprint density at radius 1 is 1.24 bits per heavy atom. The van der Waals surface area contributed by atoms with Gasteiger partial charge in [0.25, 0.3) is 0 Å². The van der Waals surface area contributed by atoms with E-state index in [0.29, 0.717) is 5.39 Å². The van der Waals surface area contributed by atoms with E-state index in [1.54, 1.807) is 18.2 Å². The second-order valence-corrected chi connectivity index (χ2v) is 14.5. The summed E-state index contributed by atoms with van der Waals surface area (Å²) in [5.74, 6) is -0.222. The highest BCUT2D eigenvalue weighted by Crippen LogP contribution is 2.48. The molecule has 0 bridgehead atoms. The SMILES string of the molecule is COC1=NC(N)=NC2C1N=CN2C1O[C@H](COP(=O)(N[C@@H](C)C(=O)OCC(C)(C)C)Oc2cccc3ccccc23)[C@@H](O)[C@@]1(C)O. The molecule has 3 aliphatic heterocycles. The Labute approximate surface area is 267 Å². The van der Waals surface area contributed by atoms with Gasteiger partial charge < -0.3 is 39.6 Å². The van der Waals surface area contributed by atoms with Gasteiger partial charge in [0, 0.05) is 5.39 Å². The number of carbonyl (C=O) groups is 1. The van der Waals surface area contributed by atoms with Gasteiger partial charge in [-0.1, -0.05) is 57.2 Å². The Kier molecular flexibility index (Phi) is 9.47. The van der Waals surface area contributed by atoms with E-state index in [-0.39, 0.29) is 29.6 Å². The number of fused-ring (bicyclic) bond motifs is 2. The quantitative estimate of drug-likeness (QED) is 0.214. The molecular weight excluding hydrogens is 619 g/mol. The van der Waals surface area contributed by atoms with Crippen molar-refractivity contribution in [1.82, 2.24) is 9.99 Å². The van der Waals surface area contributed by atoms with Gasteiger partial charge in [0.05, 0.1) is 26.7 Å². The lowest BCUT2D eigenvalue weighted by atomic mass is 9.96. The smallest absolute Gasteiger partial charge is 0.459 e. The molecule has 2 aromatic carbocycles. The molecule has 4 unspecified atom stereocenters. The molecule has 0 amide bonds. The number of methoxy groups -OCH3 is 1. The molecule has 1 fully saturated rings. The summed E-state index contributed by atoms with van der Waals surface area (Å²) in [6.07, 6.45) is -3.20. The van der Waals surface area contributed by atoms with Crippen LogP contribution >= 0.6 is 7.75 Å². The highest BCUT2D eigenvalue weighted by Gasteiger charge is 2.58. The Bertz CT molecular complexity index is 1590. The molecule has 16 heteroatoms. The zero-order valence-corrected chi connectivity index (χ0v) is 27.5. The average molecular weight is 661 g/mol. The van der Waals surface area contributed by atoms with Crippen molar-refractivity contribution in [3.05, 3.63) is 42.5 Å². The molecule has 0 aromatic heterocycles. The number of benzene rings is 2. The van der Waals surface area contributed by atoms with E-state index < -0.39 is 62.6 Å². The van der Waals surface area contributed by atoms with Gasteiger partial charge in [0.15, 0.2) is 18.4 Å². The summed E-state index contributed by atoms with van der Waals surface area (Å²) < 4.78 is 43.0. The van der Waals surface area contributed by atoms with E-state index in [9.17, 15) is 19.6 Å². The highest BCUT2D eigenvalue weighted by molar-refractivity contribution is 7.52. The van der Waals surface area contributed by atoms with Crippen LogP contribution in [0.1, 0.15) is 34.6 Å². The van der Waals surface area contributed by atoms with Gasteiger partial charge in [-0.25, -0.2) is 9.56 Å². The van der Waals surface area contributed by atoms with Crippen molar-refractivity contribution in [3.63, 3.8) is 0 Å². The minimum atomic E-state index is -4.36. The number of aliphatic hydroxyl groups is 2. The lowest BCUT2D eigenvalue weighted by molar-refractivity contribution is -0.148. The number of nitrogens with two attached hydrogens (primary N) is 1. The zero-order valence-electron chi connectivity index (χ0n) is 26.6. The third kappa shape index (κ3) is 7.04. The first kappa shape index (κ1) is 33.8. The number of carbonyl (C=O) groups excluding carboxylic acids is 1. The number of esters is 1. The van der Waals surface area contributed by atoms with Crippen LogP contribution in [-0.2, 0) is 28.1 Å². The number of rotatable bonds is 10. The van der Waals surface area contributed by atoms with E-state index >= 15 is 0 Å². The first-order chi connectivity index (χ1) is 21.6. The van der Waals surface area contributed by atoms with E-state index in [1.807, 2.05) is 45.0 Å². The maximum atomic E-state index is 14.3. The summed E-state index contributed by atoms with van der Waals surface area (Å²) in [7, 11) is -2.93. The molecule has 3 heterocycles. The van der Waals surface area contributed by atoms with Crippen LogP contribution in [0.2, 0.25) is 0 Å². The minimum absolute atomic E-state index is 0.0422. The summed E-state index contributed by atoms with van der Waals surface area (Å²) >= 11 is 0. The Hall–Kier alpha value is -3.59. The monoisotopic (exact) mass is 660 g/mol. The lowest BCUT2D eigenvalue weighted by Gasteiger charge is -2.36. The molecule has 0 aliphatic carbocycles. The van der Waals surface area contributed by atoms with Crippen LogP contribution in [-0.4, -0.2) is 102 Å². The first-order valence-electron chi connectivity index (χ1n) is 14.8. The lowest BCUT2D eigenvalue weighted by Crippen LogP contribution is -2.56. The number of aliphatic hydroxyl groups excluding tert-OH is 1. The molecule has 2 aromatic rings. The van der Waals surface area contributed by atoms with E-state index in [2.05, 4.69) is 20.1 Å². The van der Waals surface area contributed by atoms with Crippen molar-refractivity contribution in [1.29, 1.82) is 0 Å². The van der Waals surface area contributed by atoms with E-state index in [0.717, 1.165) is 5.39 Å².